The van der Waals surface area contributed by atoms with Crippen LogP contribution < -0.4 is 15.4 Å². The Balaban J connectivity index is 1.64. The van der Waals surface area contributed by atoms with Crippen LogP contribution in [-0.2, 0) is 22.6 Å². The SMILES string of the molecule is COc1ccc(C[C@@]2(CCC(=O)NCc3c(F)cccc3F)CCC(=O)N2)c(F)c1. The highest BCUT2D eigenvalue weighted by molar-refractivity contribution is 5.80. The summed E-state index contributed by atoms with van der Waals surface area (Å²) >= 11 is 0. The quantitative estimate of drug-likeness (QED) is 0.688. The first-order valence-electron chi connectivity index (χ1n) is 9.65. The average molecular weight is 420 g/mol. The van der Waals surface area contributed by atoms with Gasteiger partial charge in [-0.25, -0.2) is 13.2 Å². The molecule has 0 radical (unpaired) electrons. The minimum atomic E-state index is -0.757. The van der Waals surface area contributed by atoms with E-state index >= 15 is 0 Å². The fourth-order valence-corrected chi connectivity index (χ4v) is 3.67. The first kappa shape index (κ1) is 21.7. The molecule has 1 fully saturated rings. The average Bonchev–Trinajstić information content (AvgIpc) is 3.08. The van der Waals surface area contributed by atoms with Gasteiger partial charge >= 0.3 is 0 Å². The van der Waals surface area contributed by atoms with Gasteiger partial charge in [-0.05, 0) is 43.0 Å². The van der Waals surface area contributed by atoms with Gasteiger partial charge in [-0.3, -0.25) is 9.59 Å². The predicted octanol–water partition coefficient (Wildman–Crippen LogP) is 3.40. The summed E-state index contributed by atoms with van der Waals surface area (Å²) < 4.78 is 46.8. The standard InChI is InChI=1S/C22H23F3N2O3/c1-30-15-6-5-14(19(25)11-15)12-22(10-8-21(29)27-22)9-7-20(28)26-13-16-17(23)3-2-4-18(16)24/h2-6,11H,7-10,12-13H2,1H3,(H,26,28)(H,27,29)/t22-/m1/s1. The van der Waals surface area contributed by atoms with Gasteiger partial charge in [-0.2, -0.15) is 0 Å². The number of rotatable bonds is 8. The highest BCUT2D eigenvalue weighted by Crippen LogP contribution is 2.31. The number of amides is 2. The number of halogens is 3. The van der Waals surface area contributed by atoms with Crippen LogP contribution in [0, 0.1) is 17.5 Å². The van der Waals surface area contributed by atoms with E-state index < -0.39 is 28.9 Å². The second kappa shape index (κ2) is 9.19. The Labute approximate surface area is 172 Å². The third-order valence-corrected chi connectivity index (χ3v) is 5.38. The molecule has 160 valence electrons. The van der Waals surface area contributed by atoms with Gasteiger partial charge in [0, 0.05) is 36.6 Å². The van der Waals surface area contributed by atoms with Gasteiger partial charge in [0.15, 0.2) is 0 Å². The van der Waals surface area contributed by atoms with E-state index in [4.69, 9.17) is 4.74 Å². The molecule has 0 aliphatic carbocycles. The van der Waals surface area contributed by atoms with Crippen LogP contribution in [0.1, 0.15) is 36.8 Å². The van der Waals surface area contributed by atoms with E-state index in [-0.39, 0.29) is 37.3 Å². The molecule has 1 aliphatic rings. The minimum Gasteiger partial charge on any atom is -0.497 e. The number of hydrogen-bond donors (Lipinski definition) is 2. The maximum absolute atomic E-state index is 14.4. The van der Waals surface area contributed by atoms with Crippen molar-refractivity contribution in [1.82, 2.24) is 10.6 Å². The molecular weight excluding hydrogens is 397 g/mol. The zero-order chi connectivity index (χ0) is 21.7. The Morgan fingerprint density at radius 2 is 1.90 bits per heavy atom. The summed E-state index contributed by atoms with van der Waals surface area (Å²) in [5.74, 6) is -2.09. The van der Waals surface area contributed by atoms with Gasteiger partial charge in [0.25, 0.3) is 0 Å². The third-order valence-electron chi connectivity index (χ3n) is 5.38. The Bertz CT molecular complexity index is 931. The zero-order valence-electron chi connectivity index (χ0n) is 16.6. The normalized spacial score (nSPS) is 18.2. The molecule has 5 nitrogen and oxygen atoms in total. The molecule has 1 atom stereocenters. The molecule has 0 bridgehead atoms. The van der Waals surface area contributed by atoms with E-state index in [1.54, 1.807) is 12.1 Å². The molecule has 8 heteroatoms. The fraction of sp³-hybridized carbons (Fsp3) is 0.364. The summed E-state index contributed by atoms with van der Waals surface area (Å²) in [6.07, 6.45) is 1.28. The number of carbonyl (C=O) groups is 2. The number of carbonyl (C=O) groups excluding carboxylic acids is 2. The summed E-state index contributed by atoms with van der Waals surface area (Å²) in [6, 6.07) is 8.00. The van der Waals surface area contributed by atoms with E-state index in [9.17, 15) is 22.8 Å². The fourth-order valence-electron chi connectivity index (χ4n) is 3.67. The van der Waals surface area contributed by atoms with Gasteiger partial charge in [0.05, 0.1) is 7.11 Å². The summed E-state index contributed by atoms with van der Waals surface area (Å²) in [6.45, 7) is -0.274. The summed E-state index contributed by atoms with van der Waals surface area (Å²) in [5.41, 5.74) is -0.561. The van der Waals surface area contributed by atoms with Gasteiger partial charge in [-0.1, -0.05) is 12.1 Å². The molecule has 0 spiro atoms. The smallest absolute Gasteiger partial charge is 0.220 e. The highest BCUT2D eigenvalue weighted by atomic mass is 19.1. The summed E-state index contributed by atoms with van der Waals surface area (Å²) in [5, 5.41) is 5.38. The number of nitrogens with one attached hydrogen (secondary N) is 2. The van der Waals surface area contributed by atoms with Crippen LogP contribution in [-0.4, -0.2) is 24.5 Å². The molecule has 0 aromatic heterocycles. The van der Waals surface area contributed by atoms with E-state index in [1.165, 1.54) is 19.2 Å². The molecule has 2 amide bonds. The van der Waals surface area contributed by atoms with Crippen molar-refractivity contribution in [3.05, 3.63) is 65.0 Å². The monoisotopic (exact) mass is 420 g/mol. The van der Waals surface area contributed by atoms with Crippen molar-refractivity contribution in [2.75, 3.05) is 7.11 Å². The Morgan fingerprint density at radius 3 is 2.50 bits per heavy atom. The first-order chi connectivity index (χ1) is 14.3. The maximum atomic E-state index is 14.4. The van der Waals surface area contributed by atoms with Crippen molar-refractivity contribution in [1.29, 1.82) is 0 Å². The van der Waals surface area contributed by atoms with Gasteiger partial charge in [0.1, 0.15) is 23.2 Å². The Kier molecular flexibility index (Phi) is 6.64. The summed E-state index contributed by atoms with van der Waals surface area (Å²) in [7, 11) is 1.44. The van der Waals surface area contributed by atoms with Crippen LogP contribution in [0.4, 0.5) is 13.2 Å². The van der Waals surface area contributed by atoms with Crippen molar-refractivity contribution in [3.8, 4) is 5.75 Å². The lowest BCUT2D eigenvalue weighted by Crippen LogP contribution is -2.44. The number of methoxy groups -OCH3 is 1. The van der Waals surface area contributed by atoms with E-state index in [0.29, 0.717) is 24.2 Å². The second-order valence-corrected chi connectivity index (χ2v) is 7.44. The van der Waals surface area contributed by atoms with Gasteiger partial charge in [-0.15, -0.1) is 0 Å². The van der Waals surface area contributed by atoms with Crippen molar-refractivity contribution in [3.63, 3.8) is 0 Å². The van der Waals surface area contributed by atoms with Crippen LogP contribution in [0.2, 0.25) is 0 Å². The van der Waals surface area contributed by atoms with E-state index in [1.807, 2.05) is 0 Å². The van der Waals surface area contributed by atoms with Crippen LogP contribution in [0.3, 0.4) is 0 Å². The molecule has 0 unspecified atom stereocenters. The lowest BCUT2D eigenvalue weighted by molar-refractivity contribution is -0.122. The van der Waals surface area contributed by atoms with Crippen molar-refractivity contribution in [2.24, 2.45) is 0 Å². The van der Waals surface area contributed by atoms with Crippen LogP contribution in [0.25, 0.3) is 0 Å². The molecule has 3 rings (SSSR count). The molecule has 1 heterocycles. The molecule has 2 N–H and O–H groups in total. The largest absolute Gasteiger partial charge is 0.497 e. The van der Waals surface area contributed by atoms with Crippen molar-refractivity contribution in [2.45, 2.75) is 44.2 Å². The predicted molar refractivity (Wildman–Crippen MR) is 104 cm³/mol. The first-order valence-corrected chi connectivity index (χ1v) is 9.65. The minimum absolute atomic E-state index is 0.0219. The molecular formula is C22H23F3N2O3. The van der Waals surface area contributed by atoms with Crippen LogP contribution in [0.15, 0.2) is 36.4 Å². The van der Waals surface area contributed by atoms with Crippen molar-refractivity contribution >= 4 is 11.8 Å². The van der Waals surface area contributed by atoms with E-state index in [0.717, 1.165) is 12.1 Å². The topological polar surface area (TPSA) is 67.4 Å². The Morgan fingerprint density at radius 1 is 1.17 bits per heavy atom. The van der Waals surface area contributed by atoms with Gasteiger partial charge < -0.3 is 15.4 Å². The number of benzene rings is 2. The lowest BCUT2D eigenvalue weighted by Gasteiger charge is -2.29. The molecule has 30 heavy (non-hydrogen) atoms. The highest BCUT2D eigenvalue weighted by Gasteiger charge is 2.38. The van der Waals surface area contributed by atoms with Gasteiger partial charge in [0.2, 0.25) is 11.8 Å². The summed E-state index contributed by atoms with van der Waals surface area (Å²) in [4.78, 5) is 24.1. The molecule has 0 saturated carbocycles. The molecule has 2 aromatic carbocycles. The van der Waals surface area contributed by atoms with E-state index in [2.05, 4.69) is 10.6 Å². The molecule has 1 saturated heterocycles. The lowest BCUT2D eigenvalue weighted by atomic mass is 9.84. The number of ether oxygens (including phenoxy) is 1. The number of hydrogen-bond acceptors (Lipinski definition) is 3. The Hall–Kier alpha value is -3.03. The second-order valence-electron chi connectivity index (χ2n) is 7.44. The molecule has 1 aliphatic heterocycles. The zero-order valence-corrected chi connectivity index (χ0v) is 16.6. The van der Waals surface area contributed by atoms with Crippen molar-refractivity contribution < 1.29 is 27.5 Å². The van der Waals surface area contributed by atoms with Crippen LogP contribution >= 0.6 is 0 Å². The maximum Gasteiger partial charge on any atom is 0.220 e. The molecule has 2 aromatic rings. The van der Waals surface area contributed by atoms with Crippen LogP contribution in [0.5, 0.6) is 5.75 Å². The third kappa shape index (κ3) is 5.11.